The third kappa shape index (κ3) is 4.04. The molecule has 0 aliphatic heterocycles. The van der Waals surface area contributed by atoms with Crippen molar-refractivity contribution < 1.29 is 14.6 Å². The zero-order chi connectivity index (χ0) is 13.8. The molecule has 0 saturated carbocycles. The third-order valence-electron chi connectivity index (χ3n) is 2.45. The molecular formula is C12H20N2O3S. The number of hydrogen-bond acceptors (Lipinski definition) is 5. The monoisotopic (exact) mass is 272 g/mol. The smallest absolute Gasteiger partial charge is 0.227 e. The number of carbonyl (C=O) groups is 1. The van der Waals surface area contributed by atoms with E-state index in [0.29, 0.717) is 5.00 Å². The maximum atomic E-state index is 11.5. The summed E-state index contributed by atoms with van der Waals surface area (Å²) in [6.45, 7) is 7.68. The molecule has 6 heteroatoms. The second-order valence-corrected chi connectivity index (χ2v) is 5.61. The van der Waals surface area contributed by atoms with E-state index in [-0.39, 0.29) is 25.0 Å². The fraction of sp³-hybridized carbons (Fsp3) is 0.667. The van der Waals surface area contributed by atoms with Gasteiger partial charge in [0.1, 0.15) is 10.6 Å². The fourth-order valence-corrected chi connectivity index (χ4v) is 2.04. The van der Waals surface area contributed by atoms with Gasteiger partial charge in [-0.25, -0.2) is 0 Å². The Kier molecular flexibility index (Phi) is 5.25. The van der Waals surface area contributed by atoms with Crippen LogP contribution < -0.4 is 5.32 Å². The van der Waals surface area contributed by atoms with Crippen LogP contribution in [0.3, 0.4) is 0 Å². The summed E-state index contributed by atoms with van der Waals surface area (Å²) in [7, 11) is 0. The third-order valence-corrected chi connectivity index (χ3v) is 3.16. The Morgan fingerprint density at radius 1 is 1.61 bits per heavy atom. The predicted octanol–water partition coefficient (Wildman–Crippen LogP) is 1.98. The van der Waals surface area contributed by atoms with Gasteiger partial charge >= 0.3 is 0 Å². The molecule has 0 aliphatic rings. The minimum Gasteiger partial charge on any atom is -0.394 e. The lowest BCUT2D eigenvalue weighted by atomic mass is 10.1. The molecule has 1 aromatic rings. The fourth-order valence-electron chi connectivity index (χ4n) is 1.26. The SMILES string of the molecule is CC(C)C(=O)Nc1cc(C(C)(C)OCCO)ns1. The molecule has 1 amide bonds. The molecule has 0 unspecified atom stereocenters. The number of anilines is 1. The standard InChI is InChI=1S/C12H20N2O3S/c1-8(2)11(16)13-10-7-9(14-18-10)12(3,4)17-6-5-15/h7-8,15H,5-6H2,1-4H3,(H,13,16). The molecule has 0 fully saturated rings. The van der Waals surface area contributed by atoms with Gasteiger partial charge in [0, 0.05) is 5.92 Å². The zero-order valence-corrected chi connectivity index (χ0v) is 12.0. The zero-order valence-electron chi connectivity index (χ0n) is 11.2. The minimum absolute atomic E-state index is 0.0233. The molecule has 102 valence electrons. The number of hydrogen-bond donors (Lipinski definition) is 2. The van der Waals surface area contributed by atoms with Gasteiger partial charge in [0.05, 0.1) is 18.9 Å². The summed E-state index contributed by atoms with van der Waals surface area (Å²) in [6, 6.07) is 1.81. The molecule has 0 bridgehead atoms. The topological polar surface area (TPSA) is 71.5 Å². The Bertz CT molecular complexity index is 402. The molecular weight excluding hydrogens is 252 g/mol. The van der Waals surface area contributed by atoms with E-state index >= 15 is 0 Å². The first-order valence-corrected chi connectivity index (χ1v) is 6.67. The Morgan fingerprint density at radius 3 is 2.83 bits per heavy atom. The van der Waals surface area contributed by atoms with Crippen LogP contribution >= 0.6 is 11.5 Å². The number of carbonyl (C=O) groups excluding carboxylic acids is 1. The summed E-state index contributed by atoms with van der Waals surface area (Å²) in [5.41, 5.74) is 0.181. The van der Waals surface area contributed by atoms with Crippen molar-refractivity contribution in [2.75, 3.05) is 18.5 Å². The first-order valence-electron chi connectivity index (χ1n) is 5.89. The molecule has 0 spiro atoms. The van der Waals surface area contributed by atoms with Crippen LogP contribution in [-0.4, -0.2) is 28.6 Å². The van der Waals surface area contributed by atoms with Crippen LogP contribution in [0, 0.1) is 5.92 Å². The predicted molar refractivity (Wildman–Crippen MR) is 71.6 cm³/mol. The highest BCUT2D eigenvalue weighted by atomic mass is 32.1. The van der Waals surface area contributed by atoms with E-state index in [1.807, 2.05) is 33.8 Å². The second kappa shape index (κ2) is 6.26. The van der Waals surface area contributed by atoms with Crippen LogP contribution in [0.2, 0.25) is 0 Å². The van der Waals surface area contributed by atoms with Gasteiger partial charge < -0.3 is 15.2 Å². The van der Waals surface area contributed by atoms with Crippen LogP contribution in [0.25, 0.3) is 0 Å². The van der Waals surface area contributed by atoms with E-state index in [0.717, 1.165) is 5.69 Å². The molecule has 5 nitrogen and oxygen atoms in total. The average molecular weight is 272 g/mol. The number of amides is 1. The lowest BCUT2D eigenvalue weighted by Gasteiger charge is -2.22. The second-order valence-electron chi connectivity index (χ2n) is 4.80. The molecule has 0 aliphatic carbocycles. The largest absolute Gasteiger partial charge is 0.394 e. The van der Waals surface area contributed by atoms with Gasteiger partial charge in [-0.3, -0.25) is 4.79 Å². The Morgan fingerprint density at radius 2 is 2.28 bits per heavy atom. The normalized spacial score (nSPS) is 11.9. The molecule has 2 N–H and O–H groups in total. The van der Waals surface area contributed by atoms with E-state index < -0.39 is 5.60 Å². The van der Waals surface area contributed by atoms with E-state index in [1.54, 1.807) is 0 Å². The quantitative estimate of drug-likeness (QED) is 0.830. The molecule has 1 aromatic heterocycles. The molecule has 18 heavy (non-hydrogen) atoms. The van der Waals surface area contributed by atoms with Crippen molar-refractivity contribution in [1.29, 1.82) is 0 Å². The van der Waals surface area contributed by atoms with Gasteiger partial charge in [0.25, 0.3) is 0 Å². The van der Waals surface area contributed by atoms with E-state index in [2.05, 4.69) is 9.69 Å². The Labute approximate surface area is 111 Å². The number of aromatic nitrogens is 1. The summed E-state index contributed by atoms with van der Waals surface area (Å²) in [6.07, 6.45) is 0. The van der Waals surface area contributed by atoms with Crippen LogP contribution in [0.15, 0.2) is 6.07 Å². The van der Waals surface area contributed by atoms with Gasteiger partial charge in [-0.15, -0.1) is 0 Å². The van der Waals surface area contributed by atoms with Crippen LogP contribution in [0.5, 0.6) is 0 Å². The molecule has 0 atom stereocenters. The molecule has 0 radical (unpaired) electrons. The molecule has 0 aromatic carbocycles. The molecule has 1 rings (SSSR count). The van der Waals surface area contributed by atoms with Crippen molar-refractivity contribution in [2.45, 2.75) is 33.3 Å². The average Bonchev–Trinajstić information content (AvgIpc) is 2.75. The first-order chi connectivity index (χ1) is 8.36. The summed E-state index contributed by atoms with van der Waals surface area (Å²) < 4.78 is 9.79. The number of ether oxygens (including phenoxy) is 1. The van der Waals surface area contributed by atoms with E-state index in [9.17, 15) is 4.79 Å². The van der Waals surface area contributed by atoms with Crippen LogP contribution in [-0.2, 0) is 15.1 Å². The van der Waals surface area contributed by atoms with Crippen molar-refractivity contribution >= 4 is 22.4 Å². The van der Waals surface area contributed by atoms with Crippen molar-refractivity contribution in [2.24, 2.45) is 5.92 Å². The molecule has 1 heterocycles. The van der Waals surface area contributed by atoms with Crippen LogP contribution in [0.4, 0.5) is 5.00 Å². The Hall–Kier alpha value is -0.980. The highest BCUT2D eigenvalue weighted by molar-refractivity contribution is 7.10. The van der Waals surface area contributed by atoms with Gasteiger partial charge in [0.2, 0.25) is 5.91 Å². The maximum absolute atomic E-state index is 11.5. The summed E-state index contributed by atoms with van der Waals surface area (Å²) in [5.74, 6) is -0.0894. The number of nitrogens with one attached hydrogen (secondary N) is 1. The lowest BCUT2D eigenvalue weighted by molar-refractivity contribution is -0.118. The Balaban J connectivity index is 2.70. The lowest BCUT2D eigenvalue weighted by Crippen LogP contribution is -2.23. The van der Waals surface area contributed by atoms with Crippen molar-refractivity contribution in [3.8, 4) is 0 Å². The van der Waals surface area contributed by atoms with Crippen molar-refractivity contribution in [3.05, 3.63) is 11.8 Å². The van der Waals surface area contributed by atoms with Gasteiger partial charge in [-0.05, 0) is 31.4 Å². The van der Waals surface area contributed by atoms with Gasteiger partial charge in [-0.1, -0.05) is 13.8 Å². The summed E-state index contributed by atoms with van der Waals surface area (Å²) in [5, 5.41) is 12.3. The number of nitrogens with zero attached hydrogens (tertiary/aromatic N) is 1. The maximum Gasteiger partial charge on any atom is 0.227 e. The van der Waals surface area contributed by atoms with E-state index in [1.165, 1.54) is 11.5 Å². The van der Waals surface area contributed by atoms with Crippen molar-refractivity contribution in [1.82, 2.24) is 4.37 Å². The highest BCUT2D eigenvalue weighted by Gasteiger charge is 2.25. The highest BCUT2D eigenvalue weighted by Crippen LogP contribution is 2.28. The summed E-state index contributed by atoms with van der Waals surface area (Å²) in [4.78, 5) is 11.5. The minimum atomic E-state index is -0.569. The van der Waals surface area contributed by atoms with E-state index in [4.69, 9.17) is 9.84 Å². The number of aliphatic hydroxyl groups is 1. The van der Waals surface area contributed by atoms with Gasteiger partial charge in [0.15, 0.2) is 0 Å². The number of rotatable bonds is 6. The van der Waals surface area contributed by atoms with Gasteiger partial charge in [-0.2, -0.15) is 4.37 Å². The van der Waals surface area contributed by atoms with Crippen LogP contribution in [0.1, 0.15) is 33.4 Å². The number of aliphatic hydroxyl groups excluding tert-OH is 1. The first kappa shape index (κ1) is 15.1. The summed E-state index contributed by atoms with van der Waals surface area (Å²) >= 11 is 1.23. The molecule has 0 saturated heterocycles. The van der Waals surface area contributed by atoms with Crippen molar-refractivity contribution in [3.63, 3.8) is 0 Å².